The average Bonchev–Trinajstić information content (AvgIpc) is 2.34. The highest BCUT2D eigenvalue weighted by atomic mass is 16.6. The van der Waals surface area contributed by atoms with E-state index in [1.165, 1.54) is 0 Å². The second-order valence-electron chi connectivity index (χ2n) is 6.70. The third kappa shape index (κ3) is 7.52. The molecule has 1 aromatic rings. The predicted octanol–water partition coefficient (Wildman–Crippen LogP) is 2.72. The van der Waals surface area contributed by atoms with E-state index in [2.05, 4.69) is 15.6 Å². The van der Waals surface area contributed by atoms with Crippen LogP contribution < -0.4 is 16.4 Å². The van der Waals surface area contributed by atoms with E-state index in [-0.39, 0.29) is 0 Å². The number of carbonyl (C=O) groups excluding carboxylic acids is 1. The molecule has 1 amide bonds. The molecule has 4 N–H and O–H groups in total. The van der Waals surface area contributed by atoms with Gasteiger partial charge in [-0.1, -0.05) is 18.2 Å². The fourth-order valence-corrected chi connectivity index (χ4v) is 1.61. The molecule has 0 saturated carbocycles. The lowest BCUT2D eigenvalue weighted by Gasteiger charge is -2.27. The molecule has 6 heteroatoms. The van der Waals surface area contributed by atoms with Gasteiger partial charge in [0.05, 0.1) is 12.1 Å². The van der Waals surface area contributed by atoms with Crippen LogP contribution in [-0.4, -0.2) is 29.7 Å². The number of nitrogens with one attached hydrogen (secondary N) is 2. The number of rotatable bonds is 4. The molecule has 0 aliphatic heterocycles. The number of nitrogens with zero attached hydrogens (tertiary/aromatic N) is 1. The molecule has 0 unspecified atom stereocenters. The molecule has 1 rings (SSSR count). The number of carbonyl (C=O) groups is 1. The number of hydrogen-bond acceptors (Lipinski definition) is 3. The summed E-state index contributed by atoms with van der Waals surface area (Å²) in [6.07, 6.45) is -0.470. The molecule has 122 valence electrons. The van der Waals surface area contributed by atoms with Crippen molar-refractivity contribution in [2.24, 2.45) is 10.7 Å². The van der Waals surface area contributed by atoms with E-state index < -0.39 is 17.2 Å². The molecule has 0 spiro atoms. The summed E-state index contributed by atoms with van der Waals surface area (Å²) in [5.74, 6) is 0.297. The van der Waals surface area contributed by atoms with Gasteiger partial charge in [0.15, 0.2) is 5.96 Å². The molecule has 0 bridgehead atoms. The van der Waals surface area contributed by atoms with Crippen molar-refractivity contribution in [2.45, 2.75) is 45.8 Å². The van der Waals surface area contributed by atoms with Gasteiger partial charge in [-0.3, -0.25) is 4.99 Å². The lowest BCUT2D eigenvalue weighted by atomic mass is 10.1. The fourth-order valence-electron chi connectivity index (χ4n) is 1.61. The van der Waals surface area contributed by atoms with E-state index >= 15 is 0 Å². The molecule has 1 aromatic carbocycles. The predicted molar refractivity (Wildman–Crippen MR) is 90.0 cm³/mol. The molecule has 0 aliphatic rings. The quantitative estimate of drug-likeness (QED) is 0.589. The maximum Gasteiger partial charge on any atom is 0.408 e. The zero-order chi connectivity index (χ0) is 16.8. The van der Waals surface area contributed by atoms with Gasteiger partial charge in [-0.25, -0.2) is 4.79 Å². The van der Waals surface area contributed by atoms with Gasteiger partial charge in [-0.05, 0) is 46.8 Å². The maximum atomic E-state index is 11.8. The molecule has 0 radical (unpaired) electrons. The summed E-state index contributed by atoms with van der Waals surface area (Å²) in [4.78, 5) is 16.0. The molecule has 0 aliphatic carbocycles. The lowest BCUT2D eigenvalue weighted by Crippen LogP contribution is -2.48. The Morgan fingerprint density at radius 2 is 1.77 bits per heavy atom. The van der Waals surface area contributed by atoms with Crippen LogP contribution in [0.1, 0.15) is 34.6 Å². The van der Waals surface area contributed by atoms with Gasteiger partial charge in [0.1, 0.15) is 5.60 Å². The number of para-hydroxylation sites is 1. The lowest BCUT2D eigenvalue weighted by molar-refractivity contribution is 0.0476. The molecule has 0 atom stereocenters. The van der Waals surface area contributed by atoms with Gasteiger partial charge in [0.25, 0.3) is 0 Å². The molecule has 0 saturated heterocycles. The Balaban J connectivity index is 2.53. The minimum atomic E-state index is -0.564. The first-order valence-corrected chi connectivity index (χ1v) is 7.21. The van der Waals surface area contributed by atoms with Crippen molar-refractivity contribution in [1.82, 2.24) is 5.32 Å². The highest BCUT2D eigenvalue weighted by Gasteiger charge is 2.24. The fraction of sp³-hybridized carbons (Fsp3) is 0.500. The van der Waals surface area contributed by atoms with Crippen molar-refractivity contribution < 1.29 is 9.53 Å². The molecular weight excluding hydrogens is 280 g/mol. The van der Waals surface area contributed by atoms with Crippen LogP contribution in [0.4, 0.5) is 10.5 Å². The number of nitrogens with two attached hydrogens (primary N) is 1. The Morgan fingerprint density at radius 3 is 2.32 bits per heavy atom. The van der Waals surface area contributed by atoms with E-state index in [4.69, 9.17) is 10.5 Å². The minimum absolute atomic E-state index is 0.297. The number of hydrogen-bond donors (Lipinski definition) is 3. The van der Waals surface area contributed by atoms with E-state index in [0.29, 0.717) is 12.5 Å². The molecule has 0 aromatic heterocycles. The van der Waals surface area contributed by atoms with Gasteiger partial charge in [-0.2, -0.15) is 0 Å². The summed E-state index contributed by atoms with van der Waals surface area (Å²) >= 11 is 0. The highest BCUT2D eigenvalue weighted by Crippen LogP contribution is 2.10. The summed E-state index contributed by atoms with van der Waals surface area (Å²) in [7, 11) is 0. The summed E-state index contributed by atoms with van der Waals surface area (Å²) in [6.45, 7) is 9.50. The Bertz CT molecular complexity index is 519. The zero-order valence-corrected chi connectivity index (χ0v) is 13.9. The SMILES string of the molecule is CC(C)(CN=C(N)Nc1ccccc1)NC(=O)OC(C)(C)C. The van der Waals surface area contributed by atoms with Gasteiger partial charge in [0, 0.05) is 5.69 Å². The van der Waals surface area contributed by atoms with Crippen LogP contribution in [0, 0.1) is 0 Å². The second-order valence-corrected chi connectivity index (χ2v) is 6.70. The zero-order valence-electron chi connectivity index (χ0n) is 13.9. The summed E-state index contributed by atoms with van der Waals surface area (Å²) in [6, 6.07) is 9.53. The molecule has 0 heterocycles. The third-order valence-electron chi connectivity index (χ3n) is 2.53. The molecular formula is C16H26N4O2. The average molecular weight is 306 g/mol. The number of guanidine groups is 1. The molecule has 6 nitrogen and oxygen atoms in total. The molecule has 0 fully saturated rings. The van der Waals surface area contributed by atoms with Crippen molar-refractivity contribution in [3.8, 4) is 0 Å². The van der Waals surface area contributed by atoms with Crippen LogP contribution in [0.25, 0.3) is 0 Å². The van der Waals surface area contributed by atoms with Gasteiger partial charge in [-0.15, -0.1) is 0 Å². The van der Waals surface area contributed by atoms with E-state index in [0.717, 1.165) is 5.69 Å². The van der Waals surface area contributed by atoms with Crippen molar-refractivity contribution in [1.29, 1.82) is 0 Å². The van der Waals surface area contributed by atoms with Gasteiger partial charge in [0.2, 0.25) is 0 Å². The van der Waals surface area contributed by atoms with Crippen LogP contribution in [-0.2, 0) is 4.74 Å². The first-order chi connectivity index (χ1) is 10.1. The van der Waals surface area contributed by atoms with E-state index in [9.17, 15) is 4.79 Å². The Hall–Kier alpha value is -2.24. The largest absolute Gasteiger partial charge is 0.444 e. The Labute approximate surface area is 132 Å². The molecule has 22 heavy (non-hydrogen) atoms. The monoisotopic (exact) mass is 306 g/mol. The van der Waals surface area contributed by atoms with Crippen LogP contribution in [0.5, 0.6) is 0 Å². The Kier molecular flexibility index (Phi) is 5.79. The first kappa shape index (κ1) is 17.8. The number of ether oxygens (including phenoxy) is 1. The highest BCUT2D eigenvalue weighted by molar-refractivity contribution is 5.92. The number of benzene rings is 1. The van der Waals surface area contributed by atoms with Gasteiger partial charge < -0.3 is 21.1 Å². The minimum Gasteiger partial charge on any atom is -0.444 e. The number of anilines is 1. The normalized spacial score (nSPS) is 12.7. The van der Waals surface area contributed by atoms with Crippen molar-refractivity contribution in [3.63, 3.8) is 0 Å². The Morgan fingerprint density at radius 1 is 1.18 bits per heavy atom. The van der Waals surface area contributed by atoms with Crippen LogP contribution in [0.3, 0.4) is 0 Å². The summed E-state index contributed by atoms with van der Waals surface area (Å²) in [5, 5.41) is 5.77. The van der Waals surface area contributed by atoms with Crippen molar-refractivity contribution in [2.75, 3.05) is 11.9 Å². The van der Waals surface area contributed by atoms with Crippen LogP contribution in [0.15, 0.2) is 35.3 Å². The van der Waals surface area contributed by atoms with Crippen LogP contribution in [0.2, 0.25) is 0 Å². The van der Waals surface area contributed by atoms with E-state index in [1.54, 1.807) is 0 Å². The van der Waals surface area contributed by atoms with Gasteiger partial charge >= 0.3 is 6.09 Å². The summed E-state index contributed by atoms with van der Waals surface area (Å²) < 4.78 is 5.23. The maximum absolute atomic E-state index is 11.8. The first-order valence-electron chi connectivity index (χ1n) is 7.21. The standard InChI is InChI=1S/C16H26N4O2/c1-15(2,3)22-14(21)20-16(4,5)11-18-13(17)19-12-9-7-6-8-10-12/h6-10H,11H2,1-5H3,(H,20,21)(H3,17,18,19). The number of aliphatic imine (C=N–C) groups is 1. The number of amides is 1. The number of alkyl carbamates (subject to hydrolysis) is 1. The summed E-state index contributed by atoms with van der Waals surface area (Å²) in [5.41, 5.74) is 5.61. The third-order valence-corrected chi connectivity index (χ3v) is 2.53. The topological polar surface area (TPSA) is 88.7 Å². The van der Waals surface area contributed by atoms with Crippen molar-refractivity contribution >= 4 is 17.7 Å². The second kappa shape index (κ2) is 7.15. The van der Waals surface area contributed by atoms with Crippen molar-refractivity contribution in [3.05, 3.63) is 30.3 Å². The smallest absolute Gasteiger partial charge is 0.408 e. The van der Waals surface area contributed by atoms with E-state index in [1.807, 2.05) is 65.0 Å². The van der Waals surface area contributed by atoms with Crippen LogP contribution >= 0.6 is 0 Å².